The lowest BCUT2D eigenvalue weighted by Gasteiger charge is -2.18. The number of ether oxygens (including phenoxy) is 1. The highest BCUT2D eigenvalue weighted by molar-refractivity contribution is 4.99. The Kier molecular flexibility index (Phi) is 6.98. The van der Waals surface area contributed by atoms with Crippen molar-refractivity contribution in [3.05, 3.63) is 18.2 Å². The lowest BCUT2D eigenvalue weighted by atomic mass is 10.0. The SMILES string of the molecule is COCCNCc1cncn1C(C)CCC(C)C. The van der Waals surface area contributed by atoms with Crippen LogP contribution in [0.4, 0.5) is 0 Å². The number of nitrogens with one attached hydrogen (secondary N) is 1. The van der Waals surface area contributed by atoms with Gasteiger partial charge in [-0.1, -0.05) is 13.8 Å². The fourth-order valence-electron chi connectivity index (χ4n) is 1.97. The highest BCUT2D eigenvalue weighted by Crippen LogP contribution is 2.18. The molecule has 1 aromatic heterocycles. The summed E-state index contributed by atoms with van der Waals surface area (Å²) in [4.78, 5) is 4.26. The van der Waals surface area contributed by atoms with E-state index in [0.717, 1.165) is 25.6 Å². The molecule has 1 rings (SSSR count). The van der Waals surface area contributed by atoms with Crippen molar-refractivity contribution < 1.29 is 4.74 Å². The van der Waals surface area contributed by atoms with Gasteiger partial charge in [-0.05, 0) is 25.7 Å². The van der Waals surface area contributed by atoms with E-state index < -0.39 is 0 Å². The van der Waals surface area contributed by atoms with Gasteiger partial charge in [0.1, 0.15) is 0 Å². The summed E-state index contributed by atoms with van der Waals surface area (Å²) in [5.74, 6) is 0.763. The highest BCUT2D eigenvalue weighted by Gasteiger charge is 2.09. The number of imidazole rings is 1. The van der Waals surface area contributed by atoms with Gasteiger partial charge < -0.3 is 14.6 Å². The number of methoxy groups -OCH3 is 1. The molecule has 0 saturated carbocycles. The number of nitrogens with zero attached hydrogens (tertiary/aromatic N) is 2. The Labute approximate surface area is 111 Å². The average molecular weight is 253 g/mol. The minimum absolute atomic E-state index is 0.522. The average Bonchev–Trinajstić information content (AvgIpc) is 2.80. The van der Waals surface area contributed by atoms with Crippen LogP contribution in [0.25, 0.3) is 0 Å². The summed E-state index contributed by atoms with van der Waals surface area (Å²) in [5, 5.41) is 3.36. The third-order valence-electron chi connectivity index (χ3n) is 3.17. The van der Waals surface area contributed by atoms with Gasteiger partial charge in [-0.3, -0.25) is 0 Å². The predicted octanol–water partition coefficient (Wildman–Crippen LogP) is 2.62. The quantitative estimate of drug-likeness (QED) is 0.688. The van der Waals surface area contributed by atoms with Gasteiger partial charge in [-0.15, -0.1) is 0 Å². The van der Waals surface area contributed by atoms with E-state index in [4.69, 9.17) is 4.74 Å². The summed E-state index contributed by atoms with van der Waals surface area (Å²) in [5.41, 5.74) is 1.25. The smallest absolute Gasteiger partial charge is 0.0951 e. The van der Waals surface area contributed by atoms with E-state index in [1.807, 2.05) is 12.5 Å². The molecular formula is C14H27N3O. The summed E-state index contributed by atoms with van der Waals surface area (Å²) in [6, 6.07) is 0.522. The Morgan fingerprint density at radius 3 is 2.78 bits per heavy atom. The second-order valence-corrected chi connectivity index (χ2v) is 5.28. The number of hydrogen-bond donors (Lipinski definition) is 1. The largest absolute Gasteiger partial charge is 0.383 e. The van der Waals surface area contributed by atoms with Crippen LogP contribution in [-0.2, 0) is 11.3 Å². The number of rotatable bonds is 9. The van der Waals surface area contributed by atoms with E-state index in [2.05, 4.69) is 35.6 Å². The van der Waals surface area contributed by atoms with E-state index in [-0.39, 0.29) is 0 Å². The van der Waals surface area contributed by atoms with Crippen molar-refractivity contribution in [2.45, 2.75) is 46.2 Å². The molecule has 0 spiro atoms. The molecule has 104 valence electrons. The molecule has 4 heteroatoms. The lowest BCUT2D eigenvalue weighted by Crippen LogP contribution is -2.21. The first-order chi connectivity index (χ1) is 8.65. The molecule has 1 unspecified atom stereocenters. The van der Waals surface area contributed by atoms with Crippen LogP contribution >= 0.6 is 0 Å². The monoisotopic (exact) mass is 253 g/mol. The van der Waals surface area contributed by atoms with Gasteiger partial charge in [0, 0.05) is 32.4 Å². The van der Waals surface area contributed by atoms with Crippen LogP contribution < -0.4 is 5.32 Å². The Hall–Kier alpha value is -0.870. The Balaban J connectivity index is 2.42. The van der Waals surface area contributed by atoms with Crippen molar-refractivity contribution in [2.24, 2.45) is 5.92 Å². The van der Waals surface area contributed by atoms with E-state index in [0.29, 0.717) is 6.04 Å². The molecule has 0 saturated heterocycles. The summed E-state index contributed by atoms with van der Waals surface area (Å²) in [6.45, 7) is 9.29. The molecule has 0 aliphatic carbocycles. The van der Waals surface area contributed by atoms with Crippen LogP contribution in [0, 0.1) is 5.92 Å². The van der Waals surface area contributed by atoms with Crippen molar-refractivity contribution >= 4 is 0 Å². The fourth-order valence-corrected chi connectivity index (χ4v) is 1.97. The zero-order valence-electron chi connectivity index (χ0n) is 12.1. The Morgan fingerprint density at radius 1 is 1.33 bits per heavy atom. The van der Waals surface area contributed by atoms with Crippen molar-refractivity contribution in [3.8, 4) is 0 Å². The fraction of sp³-hybridized carbons (Fsp3) is 0.786. The summed E-state index contributed by atoms with van der Waals surface area (Å²) in [7, 11) is 1.72. The van der Waals surface area contributed by atoms with Gasteiger partial charge in [0.05, 0.1) is 18.6 Å². The molecule has 18 heavy (non-hydrogen) atoms. The third kappa shape index (κ3) is 5.19. The molecule has 0 aliphatic rings. The topological polar surface area (TPSA) is 39.1 Å². The predicted molar refractivity (Wildman–Crippen MR) is 74.6 cm³/mol. The number of aromatic nitrogens is 2. The molecule has 1 heterocycles. The maximum Gasteiger partial charge on any atom is 0.0951 e. The van der Waals surface area contributed by atoms with Crippen molar-refractivity contribution in [1.82, 2.24) is 14.9 Å². The number of hydrogen-bond acceptors (Lipinski definition) is 3. The van der Waals surface area contributed by atoms with Crippen molar-refractivity contribution in [2.75, 3.05) is 20.3 Å². The van der Waals surface area contributed by atoms with Crippen LogP contribution in [0.3, 0.4) is 0 Å². The molecule has 1 N–H and O–H groups in total. The second kappa shape index (κ2) is 8.27. The molecule has 1 atom stereocenters. The van der Waals surface area contributed by atoms with E-state index in [1.165, 1.54) is 18.5 Å². The summed E-state index contributed by atoms with van der Waals surface area (Å²) >= 11 is 0. The van der Waals surface area contributed by atoms with Crippen LogP contribution in [0.15, 0.2) is 12.5 Å². The van der Waals surface area contributed by atoms with E-state index in [9.17, 15) is 0 Å². The lowest BCUT2D eigenvalue weighted by molar-refractivity contribution is 0.199. The second-order valence-electron chi connectivity index (χ2n) is 5.28. The molecular weight excluding hydrogens is 226 g/mol. The summed E-state index contributed by atoms with van der Waals surface area (Å²) in [6.07, 6.45) is 6.36. The van der Waals surface area contributed by atoms with Crippen LogP contribution in [0.2, 0.25) is 0 Å². The van der Waals surface area contributed by atoms with Gasteiger partial charge in [0.2, 0.25) is 0 Å². The normalized spacial score (nSPS) is 13.2. The van der Waals surface area contributed by atoms with Gasteiger partial charge in [0.15, 0.2) is 0 Å². The zero-order chi connectivity index (χ0) is 13.4. The first-order valence-corrected chi connectivity index (χ1v) is 6.85. The molecule has 4 nitrogen and oxygen atoms in total. The van der Waals surface area contributed by atoms with Gasteiger partial charge in [-0.25, -0.2) is 4.98 Å². The van der Waals surface area contributed by atoms with Crippen LogP contribution in [-0.4, -0.2) is 29.8 Å². The molecule has 0 aromatic carbocycles. The van der Waals surface area contributed by atoms with Crippen molar-refractivity contribution in [1.29, 1.82) is 0 Å². The molecule has 1 aromatic rings. The van der Waals surface area contributed by atoms with E-state index in [1.54, 1.807) is 7.11 Å². The van der Waals surface area contributed by atoms with E-state index >= 15 is 0 Å². The zero-order valence-corrected chi connectivity index (χ0v) is 12.1. The summed E-state index contributed by atoms with van der Waals surface area (Å²) < 4.78 is 7.30. The minimum atomic E-state index is 0.522. The molecule has 0 amide bonds. The van der Waals surface area contributed by atoms with Gasteiger partial charge in [-0.2, -0.15) is 0 Å². The first kappa shape index (κ1) is 15.2. The Bertz CT molecular complexity index is 323. The maximum absolute atomic E-state index is 5.02. The third-order valence-corrected chi connectivity index (χ3v) is 3.17. The van der Waals surface area contributed by atoms with Crippen molar-refractivity contribution in [3.63, 3.8) is 0 Å². The van der Waals surface area contributed by atoms with Gasteiger partial charge >= 0.3 is 0 Å². The van der Waals surface area contributed by atoms with Crippen LogP contribution in [0.5, 0.6) is 0 Å². The van der Waals surface area contributed by atoms with Crippen LogP contribution in [0.1, 0.15) is 45.3 Å². The molecule has 0 radical (unpaired) electrons. The molecule has 0 bridgehead atoms. The molecule has 0 fully saturated rings. The standard InChI is InChI=1S/C14H27N3O/c1-12(2)5-6-13(3)17-11-16-10-14(17)9-15-7-8-18-4/h10-13,15H,5-9H2,1-4H3. The maximum atomic E-state index is 5.02. The van der Waals surface area contributed by atoms with Gasteiger partial charge in [0.25, 0.3) is 0 Å². The minimum Gasteiger partial charge on any atom is -0.383 e. The first-order valence-electron chi connectivity index (χ1n) is 6.85. The molecule has 0 aliphatic heterocycles. The Morgan fingerprint density at radius 2 is 2.11 bits per heavy atom. The highest BCUT2D eigenvalue weighted by atomic mass is 16.5.